The Morgan fingerprint density at radius 3 is 2.62 bits per heavy atom. The van der Waals surface area contributed by atoms with E-state index in [1.807, 2.05) is 13.8 Å². The van der Waals surface area contributed by atoms with Crippen molar-refractivity contribution in [2.45, 2.75) is 19.1 Å². The molecule has 0 saturated heterocycles. The lowest BCUT2D eigenvalue weighted by atomic mass is 10.6. The molecule has 1 heterocycles. The predicted molar refractivity (Wildman–Crippen MR) is 61.0 cm³/mol. The standard InChI is InChI=1S/C7H10BrNO2S2/c1-5(2)12-4-6-3-9-7(8)13(6,10)11/h3,5H,4H2,1-2H3. The Morgan fingerprint density at radius 1 is 1.62 bits per heavy atom. The lowest BCUT2D eigenvalue weighted by Crippen LogP contribution is -2.09. The fraction of sp³-hybridized carbons (Fsp3) is 0.571. The highest BCUT2D eigenvalue weighted by molar-refractivity contribution is 9.21. The Bertz CT molecular complexity index is 357. The lowest BCUT2D eigenvalue weighted by Gasteiger charge is -2.04. The zero-order chi connectivity index (χ0) is 10.1. The second-order valence-corrected chi connectivity index (χ2v) is 7.60. The molecule has 3 nitrogen and oxygen atoms in total. The summed E-state index contributed by atoms with van der Waals surface area (Å²) in [6.45, 7) is 4.06. The van der Waals surface area contributed by atoms with Crippen LogP contribution in [-0.2, 0) is 9.84 Å². The molecule has 0 atom stereocenters. The van der Waals surface area contributed by atoms with Gasteiger partial charge in [0.1, 0.15) is 0 Å². The number of hydrogen-bond donors (Lipinski definition) is 0. The van der Waals surface area contributed by atoms with Gasteiger partial charge in [0.15, 0.2) is 0 Å². The van der Waals surface area contributed by atoms with E-state index in [9.17, 15) is 8.42 Å². The second-order valence-electron chi connectivity index (χ2n) is 2.84. The van der Waals surface area contributed by atoms with Crippen LogP contribution in [-0.4, -0.2) is 23.4 Å². The average molecular weight is 284 g/mol. The molecule has 74 valence electrons. The third-order valence-corrected chi connectivity index (χ3v) is 5.74. The lowest BCUT2D eigenvalue weighted by molar-refractivity contribution is 0.614. The van der Waals surface area contributed by atoms with Gasteiger partial charge in [-0.25, -0.2) is 13.4 Å². The van der Waals surface area contributed by atoms with Gasteiger partial charge in [0, 0.05) is 12.0 Å². The summed E-state index contributed by atoms with van der Waals surface area (Å²) >= 11 is 4.50. The molecule has 0 bridgehead atoms. The number of nitrogens with zero attached hydrogens (tertiary/aromatic N) is 1. The van der Waals surface area contributed by atoms with Crippen LogP contribution < -0.4 is 0 Å². The van der Waals surface area contributed by atoms with Crippen LogP contribution in [0.2, 0.25) is 0 Å². The first-order valence-corrected chi connectivity index (χ1v) is 7.06. The molecular formula is C7H10BrNO2S2. The number of sulfone groups is 1. The predicted octanol–water partition coefficient (Wildman–Crippen LogP) is 2.15. The van der Waals surface area contributed by atoms with Crippen molar-refractivity contribution in [3.05, 3.63) is 11.1 Å². The smallest absolute Gasteiger partial charge is 0.229 e. The molecule has 0 aromatic carbocycles. The minimum Gasteiger partial charge on any atom is -0.236 e. The quantitative estimate of drug-likeness (QED) is 0.797. The SMILES string of the molecule is CC(C)SCC1=CN=C(Br)S1(=O)=O. The van der Waals surface area contributed by atoms with Crippen LogP contribution in [0.15, 0.2) is 16.1 Å². The molecule has 1 rings (SSSR count). The van der Waals surface area contributed by atoms with Gasteiger partial charge in [-0.15, -0.1) is 0 Å². The number of hydrogen-bond acceptors (Lipinski definition) is 4. The van der Waals surface area contributed by atoms with Gasteiger partial charge in [0.25, 0.3) is 0 Å². The highest BCUT2D eigenvalue weighted by Gasteiger charge is 2.27. The zero-order valence-corrected chi connectivity index (χ0v) is 10.5. The monoisotopic (exact) mass is 283 g/mol. The number of halogens is 1. The molecule has 0 aromatic rings. The van der Waals surface area contributed by atoms with Crippen LogP contribution >= 0.6 is 27.7 Å². The van der Waals surface area contributed by atoms with Gasteiger partial charge in [0.2, 0.25) is 13.8 Å². The van der Waals surface area contributed by atoms with Crippen molar-refractivity contribution in [1.82, 2.24) is 0 Å². The van der Waals surface area contributed by atoms with Crippen LogP contribution in [0.1, 0.15) is 13.8 Å². The fourth-order valence-corrected chi connectivity index (χ4v) is 3.46. The molecule has 13 heavy (non-hydrogen) atoms. The molecule has 0 aliphatic carbocycles. The van der Waals surface area contributed by atoms with E-state index in [1.54, 1.807) is 11.8 Å². The van der Waals surface area contributed by atoms with Crippen molar-refractivity contribution in [3.63, 3.8) is 0 Å². The molecule has 0 aromatic heterocycles. The summed E-state index contributed by atoms with van der Waals surface area (Å²) in [5, 5.41) is 0.426. The van der Waals surface area contributed by atoms with Crippen molar-refractivity contribution in [3.8, 4) is 0 Å². The highest BCUT2D eigenvalue weighted by atomic mass is 79.9. The molecular weight excluding hydrogens is 274 g/mol. The second kappa shape index (κ2) is 4.14. The van der Waals surface area contributed by atoms with Gasteiger partial charge in [-0.1, -0.05) is 13.8 Å². The largest absolute Gasteiger partial charge is 0.236 e. The minimum absolute atomic E-state index is 0.0272. The van der Waals surface area contributed by atoms with Gasteiger partial charge in [-0.3, -0.25) is 0 Å². The van der Waals surface area contributed by atoms with Gasteiger partial charge < -0.3 is 0 Å². The van der Waals surface area contributed by atoms with E-state index < -0.39 is 9.84 Å². The van der Waals surface area contributed by atoms with E-state index in [4.69, 9.17) is 0 Å². The van der Waals surface area contributed by atoms with E-state index in [2.05, 4.69) is 20.9 Å². The van der Waals surface area contributed by atoms with Crippen molar-refractivity contribution in [2.24, 2.45) is 4.99 Å². The molecule has 0 N–H and O–H groups in total. The first kappa shape index (κ1) is 11.3. The van der Waals surface area contributed by atoms with Gasteiger partial charge in [0.05, 0.1) is 4.91 Å². The molecule has 0 radical (unpaired) electrons. The molecule has 1 aliphatic rings. The minimum atomic E-state index is -3.25. The van der Waals surface area contributed by atoms with Crippen LogP contribution in [0, 0.1) is 0 Å². The Labute approximate surface area is 90.7 Å². The fourth-order valence-electron chi connectivity index (χ4n) is 0.733. The first-order chi connectivity index (χ1) is 5.94. The van der Waals surface area contributed by atoms with E-state index in [0.29, 0.717) is 15.9 Å². The number of rotatable bonds is 3. The Kier molecular flexibility index (Phi) is 3.59. The van der Waals surface area contributed by atoms with E-state index in [1.165, 1.54) is 6.20 Å². The Balaban J connectivity index is 2.67. The van der Waals surface area contributed by atoms with Crippen LogP contribution in [0.4, 0.5) is 0 Å². The number of aliphatic imine (C=N–C) groups is 1. The summed E-state index contributed by atoms with van der Waals surface area (Å²) < 4.78 is 22.9. The summed E-state index contributed by atoms with van der Waals surface area (Å²) in [6, 6.07) is 0. The third-order valence-electron chi connectivity index (χ3n) is 1.44. The normalized spacial score (nSPS) is 20.3. The molecule has 0 unspecified atom stereocenters. The average Bonchev–Trinajstić information content (AvgIpc) is 2.25. The summed E-state index contributed by atoms with van der Waals surface area (Å²) in [7, 11) is -3.25. The topological polar surface area (TPSA) is 46.5 Å². The Morgan fingerprint density at radius 2 is 2.23 bits per heavy atom. The van der Waals surface area contributed by atoms with Crippen molar-refractivity contribution in [1.29, 1.82) is 0 Å². The Hall–Kier alpha value is 0.190. The summed E-state index contributed by atoms with van der Waals surface area (Å²) in [6.07, 6.45) is 1.41. The highest BCUT2D eigenvalue weighted by Crippen LogP contribution is 2.25. The molecule has 0 amide bonds. The van der Waals surface area contributed by atoms with Crippen LogP contribution in [0.3, 0.4) is 0 Å². The first-order valence-electron chi connectivity index (χ1n) is 3.73. The van der Waals surface area contributed by atoms with Gasteiger partial charge in [-0.2, -0.15) is 11.8 Å². The summed E-state index contributed by atoms with van der Waals surface area (Å²) in [4.78, 5) is 4.11. The maximum atomic E-state index is 11.4. The van der Waals surface area contributed by atoms with E-state index >= 15 is 0 Å². The van der Waals surface area contributed by atoms with Crippen molar-refractivity contribution >= 4 is 41.5 Å². The van der Waals surface area contributed by atoms with Gasteiger partial charge >= 0.3 is 0 Å². The maximum Gasteiger partial charge on any atom is 0.229 e. The van der Waals surface area contributed by atoms with E-state index in [-0.39, 0.29) is 3.95 Å². The summed E-state index contributed by atoms with van der Waals surface area (Å²) in [5.74, 6) is 0.499. The van der Waals surface area contributed by atoms with E-state index in [0.717, 1.165) is 0 Å². The maximum absolute atomic E-state index is 11.4. The van der Waals surface area contributed by atoms with Crippen molar-refractivity contribution in [2.75, 3.05) is 5.75 Å². The zero-order valence-electron chi connectivity index (χ0n) is 7.32. The molecule has 1 aliphatic heterocycles. The molecule has 0 fully saturated rings. The molecule has 6 heteroatoms. The molecule has 0 spiro atoms. The van der Waals surface area contributed by atoms with Crippen LogP contribution in [0.5, 0.6) is 0 Å². The van der Waals surface area contributed by atoms with Crippen molar-refractivity contribution < 1.29 is 8.42 Å². The molecule has 0 saturated carbocycles. The third kappa shape index (κ3) is 2.57. The van der Waals surface area contributed by atoms with Crippen LogP contribution in [0.25, 0.3) is 0 Å². The summed E-state index contributed by atoms with van der Waals surface area (Å²) in [5.41, 5.74) is 0. The number of thioether (sulfide) groups is 1. The van der Waals surface area contributed by atoms with Gasteiger partial charge in [-0.05, 0) is 21.2 Å².